The van der Waals surface area contributed by atoms with E-state index >= 15 is 0 Å². The molecule has 0 aliphatic heterocycles. The second kappa shape index (κ2) is 7.23. The number of thiazole rings is 1. The minimum atomic E-state index is -0.310. The summed E-state index contributed by atoms with van der Waals surface area (Å²) >= 11 is 1.15. The molecule has 3 rings (SSSR count). The van der Waals surface area contributed by atoms with E-state index in [-0.39, 0.29) is 23.5 Å². The van der Waals surface area contributed by atoms with Crippen LogP contribution in [0.25, 0.3) is 0 Å². The van der Waals surface area contributed by atoms with Gasteiger partial charge in [0.1, 0.15) is 10.6 Å². The molecule has 6 nitrogen and oxygen atoms in total. The van der Waals surface area contributed by atoms with Crippen molar-refractivity contribution < 1.29 is 14.7 Å². The van der Waals surface area contributed by atoms with Gasteiger partial charge in [0.05, 0.1) is 11.9 Å². The zero-order valence-corrected chi connectivity index (χ0v) is 15.1. The summed E-state index contributed by atoms with van der Waals surface area (Å²) < 4.78 is 0. The summed E-state index contributed by atoms with van der Waals surface area (Å²) in [5, 5.41) is 15.9. The molecule has 1 aromatic heterocycles. The van der Waals surface area contributed by atoms with Crippen LogP contribution >= 0.6 is 11.3 Å². The molecule has 25 heavy (non-hydrogen) atoms. The molecule has 3 N–H and O–H groups in total. The van der Waals surface area contributed by atoms with Gasteiger partial charge in [0.2, 0.25) is 5.91 Å². The predicted octanol–water partition coefficient (Wildman–Crippen LogP) is 3.85. The maximum absolute atomic E-state index is 12.5. The SMILES string of the molecule is Cc1ccc(O)c(C)c1NC(=O)c1cnc(NC(=O)C2CCCC2)s1. The van der Waals surface area contributed by atoms with E-state index in [2.05, 4.69) is 15.6 Å². The van der Waals surface area contributed by atoms with Crippen LogP contribution in [0.5, 0.6) is 5.75 Å². The summed E-state index contributed by atoms with van der Waals surface area (Å²) in [6.45, 7) is 3.61. The molecule has 1 aliphatic carbocycles. The van der Waals surface area contributed by atoms with Gasteiger partial charge in [-0.3, -0.25) is 9.59 Å². The van der Waals surface area contributed by atoms with E-state index in [1.807, 2.05) is 6.92 Å². The molecule has 0 atom stereocenters. The highest BCUT2D eigenvalue weighted by Gasteiger charge is 2.24. The van der Waals surface area contributed by atoms with E-state index in [0.717, 1.165) is 42.6 Å². The number of hydrogen-bond donors (Lipinski definition) is 3. The van der Waals surface area contributed by atoms with Crippen LogP contribution in [0.2, 0.25) is 0 Å². The lowest BCUT2D eigenvalue weighted by Crippen LogP contribution is -2.20. The summed E-state index contributed by atoms with van der Waals surface area (Å²) in [5.41, 5.74) is 2.07. The van der Waals surface area contributed by atoms with Crippen molar-refractivity contribution in [1.29, 1.82) is 0 Å². The Morgan fingerprint density at radius 1 is 1.20 bits per heavy atom. The molecule has 2 amide bonds. The third-order valence-electron chi connectivity index (χ3n) is 4.57. The first-order chi connectivity index (χ1) is 12.0. The molecule has 0 radical (unpaired) electrons. The highest BCUT2D eigenvalue weighted by molar-refractivity contribution is 7.17. The first-order valence-corrected chi connectivity index (χ1v) is 9.14. The fraction of sp³-hybridized carbons (Fsp3) is 0.389. The molecule has 2 aromatic rings. The number of nitrogens with one attached hydrogen (secondary N) is 2. The summed E-state index contributed by atoms with van der Waals surface area (Å²) in [7, 11) is 0. The van der Waals surface area contributed by atoms with E-state index in [1.165, 1.54) is 6.20 Å². The molecule has 1 aliphatic rings. The second-order valence-electron chi connectivity index (χ2n) is 6.36. The number of phenols is 1. The monoisotopic (exact) mass is 359 g/mol. The number of carbonyl (C=O) groups excluding carboxylic acids is 2. The Hall–Kier alpha value is -2.41. The van der Waals surface area contributed by atoms with Crippen molar-refractivity contribution >= 4 is 34.0 Å². The Labute approximate surface area is 150 Å². The van der Waals surface area contributed by atoms with Gasteiger partial charge in [-0.15, -0.1) is 0 Å². The Morgan fingerprint density at radius 2 is 1.92 bits per heavy atom. The van der Waals surface area contributed by atoms with Crippen LogP contribution in [0.4, 0.5) is 10.8 Å². The van der Waals surface area contributed by atoms with E-state index in [1.54, 1.807) is 19.1 Å². The van der Waals surface area contributed by atoms with Crippen LogP contribution in [0.1, 0.15) is 46.5 Å². The lowest BCUT2D eigenvalue weighted by molar-refractivity contribution is -0.119. The van der Waals surface area contributed by atoms with Gasteiger partial charge < -0.3 is 15.7 Å². The lowest BCUT2D eigenvalue weighted by atomic mass is 10.1. The minimum absolute atomic E-state index is 0.0153. The van der Waals surface area contributed by atoms with Gasteiger partial charge >= 0.3 is 0 Å². The quantitative estimate of drug-likeness (QED) is 0.773. The van der Waals surface area contributed by atoms with Crippen molar-refractivity contribution in [3.63, 3.8) is 0 Å². The van der Waals surface area contributed by atoms with Gasteiger partial charge in [-0.2, -0.15) is 0 Å². The van der Waals surface area contributed by atoms with E-state index in [9.17, 15) is 14.7 Å². The normalized spacial score (nSPS) is 14.5. The standard InChI is InChI=1S/C18H21N3O3S/c1-10-7-8-13(22)11(2)15(10)20-17(24)14-9-19-18(25-14)21-16(23)12-5-3-4-6-12/h7-9,12,22H,3-6H2,1-2H3,(H,20,24)(H,19,21,23). The number of carbonyl (C=O) groups is 2. The molecular formula is C18H21N3O3S. The van der Waals surface area contributed by atoms with Gasteiger partial charge in [0, 0.05) is 11.5 Å². The Kier molecular flexibility index (Phi) is 5.03. The molecular weight excluding hydrogens is 338 g/mol. The molecule has 1 saturated carbocycles. The Balaban J connectivity index is 1.69. The average molecular weight is 359 g/mol. The maximum atomic E-state index is 12.5. The lowest BCUT2D eigenvalue weighted by Gasteiger charge is -2.12. The average Bonchev–Trinajstić information content (AvgIpc) is 3.26. The molecule has 0 saturated heterocycles. The van der Waals surface area contributed by atoms with Gasteiger partial charge in [-0.1, -0.05) is 30.2 Å². The van der Waals surface area contributed by atoms with Crippen LogP contribution in [0, 0.1) is 19.8 Å². The third kappa shape index (κ3) is 3.82. The van der Waals surface area contributed by atoms with Crippen molar-refractivity contribution in [2.45, 2.75) is 39.5 Å². The van der Waals surface area contributed by atoms with Crippen LogP contribution in [0.15, 0.2) is 18.3 Å². The van der Waals surface area contributed by atoms with Crippen LogP contribution in [0.3, 0.4) is 0 Å². The molecule has 132 valence electrons. The number of nitrogens with zero attached hydrogens (tertiary/aromatic N) is 1. The Morgan fingerprint density at radius 3 is 2.64 bits per heavy atom. The fourth-order valence-electron chi connectivity index (χ4n) is 3.04. The number of rotatable bonds is 4. The number of aromatic nitrogens is 1. The number of hydrogen-bond acceptors (Lipinski definition) is 5. The van der Waals surface area contributed by atoms with Crippen LogP contribution in [-0.2, 0) is 4.79 Å². The van der Waals surface area contributed by atoms with Gasteiger partial charge in [-0.25, -0.2) is 4.98 Å². The number of phenolic OH excluding ortho intramolecular Hbond substituents is 1. The van der Waals surface area contributed by atoms with Crippen molar-refractivity contribution in [3.05, 3.63) is 34.3 Å². The fourth-order valence-corrected chi connectivity index (χ4v) is 3.75. The summed E-state index contributed by atoms with van der Waals surface area (Å²) in [6, 6.07) is 3.35. The van der Waals surface area contributed by atoms with Gasteiger partial charge in [0.15, 0.2) is 5.13 Å². The molecule has 1 fully saturated rings. The molecule has 1 heterocycles. The highest BCUT2D eigenvalue weighted by Crippen LogP contribution is 2.30. The van der Waals surface area contributed by atoms with E-state index in [4.69, 9.17) is 0 Å². The number of aryl methyl sites for hydroxylation is 1. The number of aromatic hydroxyl groups is 1. The van der Waals surface area contributed by atoms with Gasteiger partial charge in [-0.05, 0) is 38.3 Å². The van der Waals surface area contributed by atoms with E-state index < -0.39 is 0 Å². The van der Waals surface area contributed by atoms with Crippen molar-refractivity contribution in [2.24, 2.45) is 5.92 Å². The number of amides is 2. The van der Waals surface area contributed by atoms with Gasteiger partial charge in [0.25, 0.3) is 5.91 Å². The largest absolute Gasteiger partial charge is 0.508 e. The van der Waals surface area contributed by atoms with Crippen molar-refractivity contribution in [3.8, 4) is 5.75 Å². The zero-order chi connectivity index (χ0) is 18.0. The smallest absolute Gasteiger partial charge is 0.267 e. The molecule has 0 bridgehead atoms. The summed E-state index contributed by atoms with van der Waals surface area (Å²) in [6.07, 6.45) is 5.47. The molecule has 0 spiro atoms. The summed E-state index contributed by atoms with van der Waals surface area (Å²) in [5.74, 6) is -0.136. The first-order valence-electron chi connectivity index (χ1n) is 8.33. The predicted molar refractivity (Wildman–Crippen MR) is 98.2 cm³/mol. The third-order valence-corrected chi connectivity index (χ3v) is 5.48. The maximum Gasteiger partial charge on any atom is 0.267 e. The zero-order valence-electron chi connectivity index (χ0n) is 14.3. The van der Waals surface area contributed by atoms with E-state index in [0.29, 0.717) is 21.3 Å². The highest BCUT2D eigenvalue weighted by atomic mass is 32.1. The van der Waals surface area contributed by atoms with Crippen molar-refractivity contribution in [1.82, 2.24) is 4.98 Å². The van der Waals surface area contributed by atoms with Crippen LogP contribution < -0.4 is 10.6 Å². The molecule has 7 heteroatoms. The molecule has 0 unspecified atom stereocenters. The van der Waals surface area contributed by atoms with Crippen LogP contribution in [-0.4, -0.2) is 21.9 Å². The number of benzene rings is 1. The second-order valence-corrected chi connectivity index (χ2v) is 7.39. The first kappa shape index (κ1) is 17.4. The van der Waals surface area contributed by atoms with Crippen molar-refractivity contribution in [2.75, 3.05) is 10.6 Å². The number of anilines is 2. The Bertz CT molecular complexity index is 810. The topological polar surface area (TPSA) is 91.3 Å². The molecule has 1 aromatic carbocycles. The summed E-state index contributed by atoms with van der Waals surface area (Å²) in [4.78, 5) is 29.1. The minimum Gasteiger partial charge on any atom is -0.508 e.